The fraction of sp³-hybridized carbons (Fsp3) is 0.533. The van der Waals surface area contributed by atoms with Gasteiger partial charge in [-0.3, -0.25) is 0 Å². The molecule has 1 aliphatic rings. The maximum atomic E-state index is 11.9. The topological polar surface area (TPSA) is 56.8 Å². The summed E-state index contributed by atoms with van der Waals surface area (Å²) in [6, 6.07) is 5.21. The summed E-state index contributed by atoms with van der Waals surface area (Å²) in [5.41, 5.74) is 0.0361. The molecule has 1 heterocycles. The van der Waals surface area contributed by atoms with Crippen LogP contribution in [-0.2, 0) is 4.74 Å². The van der Waals surface area contributed by atoms with Gasteiger partial charge >= 0.3 is 5.97 Å². The summed E-state index contributed by atoms with van der Waals surface area (Å²) < 4.78 is 16.3. The molecule has 1 saturated heterocycles. The lowest BCUT2D eigenvalue weighted by atomic mass is 9.96. The molecule has 0 aromatic heterocycles. The molecule has 1 atom stereocenters. The van der Waals surface area contributed by atoms with Crippen LogP contribution < -0.4 is 14.8 Å². The van der Waals surface area contributed by atoms with E-state index in [9.17, 15) is 4.79 Å². The van der Waals surface area contributed by atoms with E-state index in [1.807, 2.05) is 6.92 Å². The third-order valence-corrected chi connectivity index (χ3v) is 3.51. The van der Waals surface area contributed by atoms with Crippen LogP contribution in [0.5, 0.6) is 11.5 Å². The average Bonchev–Trinajstić information content (AvgIpc) is 2.47. The van der Waals surface area contributed by atoms with Gasteiger partial charge in [-0.1, -0.05) is 6.07 Å². The first-order valence-corrected chi connectivity index (χ1v) is 6.75. The number of rotatable bonds is 4. The first-order chi connectivity index (χ1) is 9.59. The number of ether oxygens (including phenoxy) is 3. The second-order valence-corrected chi connectivity index (χ2v) is 5.16. The number of piperidine rings is 1. The van der Waals surface area contributed by atoms with Gasteiger partial charge < -0.3 is 19.5 Å². The number of hydrogen-bond acceptors (Lipinski definition) is 5. The highest BCUT2D eigenvalue weighted by molar-refractivity contribution is 5.93. The van der Waals surface area contributed by atoms with Crippen molar-refractivity contribution in [3.63, 3.8) is 0 Å². The molecule has 1 aromatic carbocycles. The third-order valence-electron chi connectivity index (χ3n) is 3.51. The summed E-state index contributed by atoms with van der Waals surface area (Å²) in [5, 5.41) is 3.31. The molecule has 1 fully saturated rings. The molecule has 0 radical (unpaired) electrons. The number of esters is 1. The van der Waals surface area contributed by atoms with E-state index < -0.39 is 5.97 Å². The van der Waals surface area contributed by atoms with Gasteiger partial charge in [0.25, 0.3) is 0 Å². The van der Waals surface area contributed by atoms with E-state index >= 15 is 0 Å². The Kier molecular flexibility index (Phi) is 4.49. The normalized spacial score (nSPS) is 22.1. The fourth-order valence-corrected chi connectivity index (χ4v) is 2.41. The summed E-state index contributed by atoms with van der Waals surface area (Å²) in [4.78, 5) is 11.9. The lowest BCUT2D eigenvalue weighted by Gasteiger charge is -2.35. The summed E-state index contributed by atoms with van der Waals surface area (Å²) in [7, 11) is 2.92. The van der Waals surface area contributed by atoms with Crippen molar-refractivity contribution in [1.29, 1.82) is 0 Å². The number of carbonyl (C=O) groups excluding carboxylic acids is 1. The maximum absolute atomic E-state index is 11.9. The van der Waals surface area contributed by atoms with Crippen molar-refractivity contribution >= 4 is 5.97 Å². The van der Waals surface area contributed by atoms with E-state index in [1.165, 1.54) is 7.11 Å². The Labute approximate surface area is 119 Å². The summed E-state index contributed by atoms with van der Waals surface area (Å²) in [5.74, 6) is 0.569. The molecule has 0 spiro atoms. The molecule has 0 amide bonds. The number of para-hydroxylation sites is 1. The molecule has 110 valence electrons. The van der Waals surface area contributed by atoms with Crippen LogP contribution in [0.4, 0.5) is 0 Å². The zero-order valence-corrected chi connectivity index (χ0v) is 12.2. The minimum absolute atomic E-state index is 0.352. The first-order valence-electron chi connectivity index (χ1n) is 6.75. The number of benzene rings is 1. The molecule has 1 unspecified atom stereocenters. The molecule has 1 N–H and O–H groups in total. The van der Waals surface area contributed by atoms with Gasteiger partial charge in [0.05, 0.1) is 14.2 Å². The highest BCUT2D eigenvalue weighted by Crippen LogP contribution is 2.36. The van der Waals surface area contributed by atoms with Gasteiger partial charge in [-0.2, -0.15) is 0 Å². The van der Waals surface area contributed by atoms with Crippen molar-refractivity contribution in [3.8, 4) is 11.5 Å². The molecule has 0 aliphatic carbocycles. The number of hydrogen-bond donors (Lipinski definition) is 1. The van der Waals surface area contributed by atoms with Gasteiger partial charge in [0.2, 0.25) is 0 Å². The molecule has 0 bridgehead atoms. The monoisotopic (exact) mass is 279 g/mol. The Morgan fingerprint density at radius 1 is 1.35 bits per heavy atom. The minimum Gasteiger partial charge on any atom is -0.493 e. The zero-order chi connectivity index (χ0) is 14.6. The lowest BCUT2D eigenvalue weighted by Crippen LogP contribution is -2.47. The molecule has 2 rings (SSSR count). The number of methoxy groups -OCH3 is 2. The highest BCUT2D eigenvalue weighted by Gasteiger charge is 2.31. The Hall–Kier alpha value is -1.75. The smallest absolute Gasteiger partial charge is 0.341 e. The Bertz CT molecular complexity index is 481. The predicted molar refractivity (Wildman–Crippen MR) is 75.5 cm³/mol. The van der Waals surface area contributed by atoms with E-state index in [0.717, 1.165) is 25.9 Å². The number of carbonyl (C=O) groups is 1. The van der Waals surface area contributed by atoms with Gasteiger partial charge in [-0.15, -0.1) is 0 Å². The van der Waals surface area contributed by atoms with Crippen molar-refractivity contribution in [2.45, 2.75) is 25.4 Å². The van der Waals surface area contributed by atoms with Crippen LogP contribution in [-0.4, -0.2) is 38.9 Å². The van der Waals surface area contributed by atoms with Crippen LogP contribution in [0.3, 0.4) is 0 Å². The molecular weight excluding hydrogens is 258 g/mol. The fourth-order valence-electron chi connectivity index (χ4n) is 2.41. The van der Waals surface area contributed by atoms with E-state index in [4.69, 9.17) is 14.2 Å². The highest BCUT2D eigenvalue weighted by atomic mass is 16.5. The summed E-state index contributed by atoms with van der Waals surface area (Å²) in [6.45, 7) is 3.77. The largest absolute Gasteiger partial charge is 0.493 e. The molecule has 5 heteroatoms. The van der Waals surface area contributed by atoms with Crippen LogP contribution in [0.2, 0.25) is 0 Å². The second-order valence-electron chi connectivity index (χ2n) is 5.16. The Morgan fingerprint density at radius 2 is 2.15 bits per heavy atom. The predicted octanol–water partition coefficient (Wildman–Crippen LogP) is 2.00. The van der Waals surface area contributed by atoms with Gasteiger partial charge in [0, 0.05) is 6.54 Å². The average molecular weight is 279 g/mol. The zero-order valence-electron chi connectivity index (χ0n) is 12.2. The van der Waals surface area contributed by atoms with Crippen LogP contribution in [0, 0.1) is 0 Å². The van der Waals surface area contributed by atoms with E-state index in [-0.39, 0.29) is 5.60 Å². The van der Waals surface area contributed by atoms with Crippen LogP contribution in [0.1, 0.15) is 30.1 Å². The minimum atomic E-state index is -0.425. The second kappa shape index (κ2) is 6.13. The Balaban J connectivity index is 2.35. The molecule has 1 aromatic rings. The summed E-state index contributed by atoms with van der Waals surface area (Å²) >= 11 is 0. The number of nitrogens with one attached hydrogen (secondary N) is 1. The molecular formula is C15H21NO4. The van der Waals surface area contributed by atoms with Crippen molar-refractivity contribution in [1.82, 2.24) is 5.32 Å². The molecule has 5 nitrogen and oxygen atoms in total. The SMILES string of the molecule is COC(=O)c1cccc(OC)c1OC1(C)CCCNC1. The lowest BCUT2D eigenvalue weighted by molar-refractivity contribution is 0.0495. The van der Waals surface area contributed by atoms with Crippen LogP contribution in [0.15, 0.2) is 18.2 Å². The molecule has 0 saturated carbocycles. The maximum Gasteiger partial charge on any atom is 0.341 e. The molecule has 1 aliphatic heterocycles. The van der Waals surface area contributed by atoms with Gasteiger partial charge in [-0.05, 0) is 38.4 Å². The van der Waals surface area contributed by atoms with Crippen LogP contribution in [0.25, 0.3) is 0 Å². The molecule has 20 heavy (non-hydrogen) atoms. The van der Waals surface area contributed by atoms with E-state index in [0.29, 0.717) is 17.1 Å². The Morgan fingerprint density at radius 3 is 2.75 bits per heavy atom. The van der Waals surface area contributed by atoms with Crippen molar-refractivity contribution in [3.05, 3.63) is 23.8 Å². The van der Waals surface area contributed by atoms with E-state index in [2.05, 4.69) is 5.32 Å². The van der Waals surface area contributed by atoms with Crippen molar-refractivity contribution < 1.29 is 19.0 Å². The van der Waals surface area contributed by atoms with Gasteiger partial charge in [0.15, 0.2) is 11.5 Å². The van der Waals surface area contributed by atoms with Gasteiger partial charge in [-0.25, -0.2) is 4.79 Å². The quantitative estimate of drug-likeness (QED) is 0.854. The summed E-state index contributed by atoms with van der Waals surface area (Å²) in [6.07, 6.45) is 1.97. The standard InChI is InChI=1S/C15H21NO4/c1-15(8-5-9-16-10-15)20-13-11(14(17)19-3)6-4-7-12(13)18-2/h4,6-7,16H,5,8-10H2,1-3H3. The third kappa shape index (κ3) is 3.04. The van der Waals surface area contributed by atoms with Crippen LogP contribution >= 0.6 is 0 Å². The van der Waals surface area contributed by atoms with Crippen molar-refractivity contribution in [2.75, 3.05) is 27.3 Å². The van der Waals surface area contributed by atoms with Gasteiger partial charge in [0.1, 0.15) is 11.2 Å². The first kappa shape index (κ1) is 14.7. The van der Waals surface area contributed by atoms with E-state index in [1.54, 1.807) is 25.3 Å². The van der Waals surface area contributed by atoms with Crippen molar-refractivity contribution in [2.24, 2.45) is 0 Å².